The molecule has 2 rings (SSSR count). The lowest BCUT2D eigenvalue weighted by Gasteiger charge is -2.30. The third-order valence-corrected chi connectivity index (χ3v) is 6.05. The van der Waals surface area contributed by atoms with Crippen molar-refractivity contribution in [2.24, 2.45) is 0 Å². The minimum atomic E-state index is -1.27. The van der Waals surface area contributed by atoms with Gasteiger partial charge in [0.05, 0.1) is 0 Å². The van der Waals surface area contributed by atoms with Crippen LogP contribution in [-0.4, -0.2) is 0 Å². The summed E-state index contributed by atoms with van der Waals surface area (Å²) in [5.74, 6) is 0.848. The quantitative estimate of drug-likeness (QED) is 0.493. The van der Waals surface area contributed by atoms with Crippen molar-refractivity contribution < 1.29 is 4.74 Å². The van der Waals surface area contributed by atoms with E-state index in [2.05, 4.69) is 53.7 Å². The van der Waals surface area contributed by atoms with E-state index in [1.54, 1.807) is 0 Å². The number of hydrogen-bond donors (Lipinski definition) is 0. The van der Waals surface area contributed by atoms with Gasteiger partial charge in [-0.25, -0.2) is 0 Å². The number of hydrogen-bond acceptors (Lipinski definition) is 1. The second-order valence-corrected chi connectivity index (χ2v) is 11.8. The monoisotopic (exact) mass is 396 g/mol. The lowest BCUT2D eigenvalue weighted by atomic mass is 9.79. The first-order valence-electron chi connectivity index (χ1n) is 8.47. The molecule has 0 fully saturated rings. The average molecular weight is 397 g/mol. The Morgan fingerprint density at radius 3 is 1.96 bits per heavy atom. The maximum atomic E-state index is 6.44. The Bertz CT molecular complexity index is 713. The standard InChI is InChI=1S/C21H27Cl2OP/c1-20(2,3)16-12-15(14-24-17-10-8-7-9-11-17)19(25(22)23)18(13-16)21(4,5)6/h7-13H,14H2,1-6H3. The Balaban J connectivity index is 2.54. The molecule has 136 valence electrons. The summed E-state index contributed by atoms with van der Waals surface area (Å²) in [6.45, 7) is 12.5. The Morgan fingerprint density at radius 2 is 1.48 bits per heavy atom. The molecule has 2 aromatic rings. The van der Waals surface area contributed by atoms with Crippen LogP contribution < -0.4 is 10.0 Å². The summed E-state index contributed by atoms with van der Waals surface area (Å²) < 4.78 is 6.01. The lowest BCUT2D eigenvalue weighted by Crippen LogP contribution is -2.26. The molecule has 0 saturated carbocycles. The number of ether oxygens (including phenoxy) is 1. The van der Waals surface area contributed by atoms with E-state index in [0.717, 1.165) is 16.6 Å². The van der Waals surface area contributed by atoms with Gasteiger partial charge in [-0.2, -0.15) is 0 Å². The topological polar surface area (TPSA) is 9.23 Å². The molecule has 0 unspecified atom stereocenters. The minimum absolute atomic E-state index is 0.0392. The molecule has 0 bridgehead atoms. The van der Waals surface area contributed by atoms with Gasteiger partial charge in [0.15, 0.2) is 0 Å². The van der Waals surface area contributed by atoms with Gasteiger partial charge >= 0.3 is 0 Å². The Morgan fingerprint density at radius 1 is 0.880 bits per heavy atom. The minimum Gasteiger partial charge on any atom is -0.489 e. The molecule has 25 heavy (non-hydrogen) atoms. The van der Waals surface area contributed by atoms with Crippen molar-refractivity contribution in [3.8, 4) is 5.75 Å². The van der Waals surface area contributed by atoms with Crippen LogP contribution in [0.5, 0.6) is 5.75 Å². The van der Waals surface area contributed by atoms with Crippen molar-refractivity contribution in [3.63, 3.8) is 0 Å². The summed E-state index contributed by atoms with van der Waals surface area (Å²) in [4.78, 5) is 0. The van der Waals surface area contributed by atoms with E-state index >= 15 is 0 Å². The van der Waals surface area contributed by atoms with Gasteiger partial charge < -0.3 is 4.74 Å². The van der Waals surface area contributed by atoms with Crippen LogP contribution in [0.2, 0.25) is 0 Å². The Labute approximate surface area is 163 Å². The molecular weight excluding hydrogens is 370 g/mol. The van der Waals surface area contributed by atoms with Gasteiger partial charge in [0, 0.05) is 5.30 Å². The summed E-state index contributed by atoms with van der Waals surface area (Å²) in [6, 6.07) is 14.3. The first kappa shape index (κ1) is 20.6. The molecule has 0 amide bonds. The van der Waals surface area contributed by atoms with E-state index in [0.29, 0.717) is 6.61 Å². The van der Waals surface area contributed by atoms with Crippen LogP contribution in [0.15, 0.2) is 42.5 Å². The van der Waals surface area contributed by atoms with Crippen molar-refractivity contribution in [3.05, 3.63) is 59.2 Å². The molecule has 0 spiro atoms. The average Bonchev–Trinajstić information content (AvgIpc) is 2.51. The molecular formula is C21H27Cl2OP. The smallest absolute Gasteiger partial charge is 0.119 e. The maximum Gasteiger partial charge on any atom is 0.119 e. The molecule has 0 N–H and O–H groups in total. The molecule has 2 aromatic carbocycles. The van der Waals surface area contributed by atoms with Crippen LogP contribution in [0, 0.1) is 0 Å². The van der Waals surface area contributed by atoms with Gasteiger partial charge in [-0.15, -0.1) is 0 Å². The van der Waals surface area contributed by atoms with Crippen LogP contribution in [-0.2, 0) is 17.4 Å². The zero-order chi connectivity index (χ0) is 18.8. The van der Waals surface area contributed by atoms with Crippen LogP contribution in [0.25, 0.3) is 0 Å². The van der Waals surface area contributed by atoms with Crippen molar-refractivity contribution in [2.75, 3.05) is 0 Å². The summed E-state index contributed by atoms with van der Waals surface area (Å²) in [7, 11) is 0. The molecule has 0 atom stereocenters. The molecule has 0 aliphatic rings. The summed E-state index contributed by atoms with van der Waals surface area (Å²) in [5.41, 5.74) is 3.57. The summed E-state index contributed by atoms with van der Waals surface area (Å²) in [5, 5.41) is 1.04. The van der Waals surface area contributed by atoms with E-state index in [-0.39, 0.29) is 10.8 Å². The molecule has 0 aliphatic heterocycles. The van der Waals surface area contributed by atoms with Crippen molar-refractivity contribution in [1.82, 2.24) is 0 Å². The number of halogens is 2. The highest BCUT2D eigenvalue weighted by Crippen LogP contribution is 2.49. The van der Waals surface area contributed by atoms with Crippen LogP contribution in [0.1, 0.15) is 58.2 Å². The molecule has 0 radical (unpaired) electrons. The molecule has 0 heterocycles. The van der Waals surface area contributed by atoms with Gasteiger partial charge in [-0.1, -0.05) is 94.4 Å². The molecule has 0 saturated heterocycles. The Kier molecular flexibility index (Phi) is 6.47. The normalized spacial score (nSPS) is 12.5. The first-order chi connectivity index (χ1) is 11.5. The summed E-state index contributed by atoms with van der Waals surface area (Å²) in [6.07, 6.45) is 0. The number of benzene rings is 2. The second kappa shape index (κ2) is 7.87. The Hall–Kier alpha value is -0.750. The number of para-hydroxylation sites is 1. The van der Waals surface area contributed by atoms with Crippen molar-refractivity contribution in [2.45, 2.75) is 59.0 Å². The predicted molar refractivity (Wildman–Crippen MR) is 113 cm³/mol. The van der Waals surface area contributed by atoms with Crippen molar-refractivity contribution >= 4 is 34.4 Å². The predicted octanol–water partition coefficient (Wildman–Crippen LogP) is 7.28. The van der Waals surface area contributed by atoms with Crippen molar-refractivity contribution in [1.29, 1.82) is 0 Å². The fraction of sp³-hybridized carbons (Fsp3) is 0.429. The van der Waals surface area contributed by atoms with E-state index in [1.165, 1.54) is 11.1 Å². The van der Waals surface area contributed by atoms with E-state index < -0.39 is 6.63 Å². The third-order valence-electron chi connectivity index (χ3n) is 4.17. The molecule has 0 aliphatic carbocycles. The SMILES string of the molecule is CC(C)(C)c1cc(COc2ccccc2)c(P(Cl)Cl)c(C(C)(C)C)c1. The molecule has 1 nitrogen and oxygen atoms in total. The molecule has 0 aromatic heterocycles. The zero-order valence-corrected chi connectivity index (χ0v) is 18.3. The highest BCUT2D eigenvalue weighted by atomic mass is 35.9. The van der Waals surface area contributed by atoms with E-state index in [4.69, 9.17) is 27.2 Å². The largest absolute Gasteiger partial charge is 0.489 e. The van der Waals surface area contributed by atoms with Crippen LogP contribution >= 0.6 is 29.1 Å². The van der Waals surface area contributed by atoms with Gasteiger partial charge in [0.1, 0.15) is 19.0 Å². The first-order valence-corrected chi connectivity index (χ1v) is 11.6. The van der Waals surface area contributed by atoms with Gasteiger partial charge in [0.25, 0.3) is 0 Å². The summed E-state index contributed by atoms with van der Waals surface area (Å²) >= 11 is 12.9. The zero-order valence-electron chi connectivity index (χ0n) is 15.9. The maximum absolute atomic E-state index is 6.44. The number of rotatable bonds is 4. The van der Waals surface area contributed by atoms with Gasteiger partial charge in [0.2, 0.25) is 0 Å². The van der Waals surface area contributed by atoms with Crippen LogP contribution in [0.3, 0.4) is 0 Å². The lowest BCUT2D eigenvalue weighted by molar-refractivity contribution is 0.306. The highest BCUT2D eigenvalue weighted by molar-refractivity contribution is 8.09. The fourth-order valence-corrected chi connectivity index (χ4v) is 4.81. The highest BCUT2D eigenvalue weighted by Gasteiger charge is 2.27. The van der Waals surface area contributed by atoms with E-state index in [9.17, 15) is 0 Å². The van der Waals surface area contributed by atoms with Gasteiger partial charge in [-0.3, -0.25) is 0 Å². The fourth-order valence-electron chi connectivity index (χ4n) is 2.69. The molecule has 4 heteroatoms. The van der Waals surface area contributed by atoms with Crippen LogP contribution in [0.4, 0.5) is 0 Å². The second-order valence-electron chi connectivity index (χ2n) is 8.37. The van der Waals surface area contributed by atoms with E-state index in [1.807, 2.05) is 30.3 Å². The van der Waals surface area contributed by atoms with Gasteiger partial charge in [-0.05, 0) is 39.7 Å². The third kappa shape index (κ3) is 5.36.